The maximum absolute atomic E-state index is 10.7. The minimum atomic E-state index is -0.476. The molecule has 0 spiro atoms. The van der Waals surface area contributed by atoms with Crippen molar-refractivity contribution < 1.29 is 4.92 Å². The SMILES string of the molecule is CC1CCC(C)C(n2ncc([N+](=O)[O-])c2N)C1. The molecule has 1 aliphatic rings. The number of hydrogen-bond donors (Lipinski definition) is 1. The number of hydrogen-bond acceptors (Lipinski definition) is 4. The number of nitrogen functional groups attached to an aromatic ring is 1. The van der Waals surface area contributed by atoms with E-state index in [1.165, 1.54) is 12.6 Å². The lowest BCUT2D eigenvalue weighted by atomic mass is 9.80. The topological polar surface area (TPSA) is 87.0 Å². The molecule has 6 nitrogen and oxygen atoms in total. The van der Waals surface area contributed by atoms with Gasteiger partial charge in [-0.15, -0.1) is 0 Å². The molecule has 0 saturated heterocycles. The fraction of sp³-hybridized carbons (Fsp3) is 0.727. The first kappa shape index (κ1) is 11.9. The van der Waals surface area contributed by atoms with Crippen LogP contribution in [0.1, 0.15) is 39.2 Å². The van der Waals surface area contributed by atoms with Crippen LogP contribution >= 0.6 is 0 Å². The van der Waals surface area contributed by atoms with Gasteiger partial charge in [0, 0.05) is 0 Å². The van der Waals surface area contributed by atoms with Crippen molar-refractivity contribution in [1.82, 2.24) is 9.78 Å². The standard InChI is InChI=1S/C11H18N4O2/c1-7-3-4-8(2)9(5-7)14-11(12)10(6-13-14)15(16)17/h6-9H,3-5,12H2,1-2H3. The predicted octanol–water partition coefficient (Wildman–Crippen LogP) is 2.37. The fourth-order valence-corrected chi connectivity index (χ4v) is 2.61. The van der Waals surface area contributed by atoms with E-state index in [2.05, 4.69) is 18.9 Å². The normalized spacial score (nSPS) is 29.2. The molecular weight excluding hydrogens is 220 g/mol. The Bertz CT molecular complexity index is 429. The Kier molecular flexibility index (Phi) is 3.04. The molecule has 94 valence electrons. The molecule has 1 aromatic heterocycles. The van der Waals surface area contributed by atoms with Crippen LogP contribution in [-0.4, -0.2) is 14.7 Å². The Hall–Kier alpha value is -1.59. The molecule has 0 radical (unpaired) electrons. The molecule has 1 aromatic rings. The first-order valence-corrected chi connectivity index (χ1v) is 5.98. The number of anilines is 1. The highest BCUT2D eigenvalue weighted by atomic mass is 16.6. The lowest BCUT2D eigenvalue weighted by Gasteiger charge is -2.33. The van der Waals surface area contributed by atoms with E-state index >= 15 is 0 Å². The van der Waals surface area contributed by atoms with Crippen molar-refractivity contribution in [3.63, 3.8) is 0 Å². The molecule has 1 aliphatic carbocycles. The van der Waals surface area contributed by atoms with Gasteiger partial charge in [-0.05, 0) is 24.7 Å². The number of rotatable bonds is 2. The largest absolute Gasteiger partial charge is 0.378 e. The van der Waals surface area contributed by atoms with E-state index in [4.69, 9.17) is 5.73 Å². The molecule has 1 fully saturated rings. The van der Waals surface area contributed by atoms with Crippen LogP contribution in [0.3, 0.4) is 0 Å². The third-order valence-electron chi connectivity index (χ3n) is 3.74. The molecule has 3 unspecified atom stereocenters. The van der Waals surface area contributed by atoms with Gasteiger partial charge in [0.15, 0.2) is 0 Å². The Morgan fingerprint density at radius 2 is 2.24 bits per heavy atom. The summed E-state index contributed by atoms with van der Waals surface area (Å²) in [5, 5.41) is 14.8. The Morgan fingerprint density at radius 3 is 2.82 bits per heavy atom. The second-order valence-corrected chi connectivity index (χ2v) is 5.08. The fourth-order valence-electron chi connectivity index (χ4n) is 2.61. The summed E-state index contributed by atoms with van der Waals surface area (Å²) in [6, 6.07) is 0.187. The van der Waals surface area contributed by atoms with Crippen LogP contribution in [0.5, 0.6) is 0 Å². The van der Waals surface area contributed by atoms with Crippen molar-refractivity contribution in [3.8, 4) is 0 Å². The Labute approximate surface area is 99.9 Å². The van der Waals surface area contributed by atoms with Crippen LogP contribution in [0, 0.1) is 22.0 Å². The van der Waals surface area contributed by atoms with Gasteiger partial charge in [-0.25, -0.2) is 4.68 Å². The quantitative estimate of drug-likeness (QED) is 0.633. The molecule has 6 heteroatoms. The highest BCUT2D eigenvalue weighted by molar-refractivity contribution is 5.51. The van der Waals surface area contributed by atoms with Gasteiger partial charge in [0.25, 0.3) is 0 Å². The van der Waals surface area contributed by atoms with E-state index < -0.39 is 4.92 Å². The highest BCUT2D eigenvalue weighted by Gasteiger charge is 2.31. The van der Waals surface area contributed by atoms with Crippen molar-refractivity contribution in [1.29, 1.82) is 0 Å². The van der Waals surface area contributed by atoms with E-state index in [-0.39, 0.29) is 17.5 Å². The smallest absolute Gasteiger partial charge is 0.330 e. The van der Waals surface area contributed by atoms with Gasteiger partial charge in [0.2, 0.25) is 5.82 Å². The van der Waals surface area contributed by atoms with Crippen LogP contribution in [0.2, 0.25) is 0 Å². The van der Waals surface area contributed by atoms with Gasteiger partial charge < -0.3 is 5.73 Å². The van der Waals surface area contributed by atoms with Crippen molar-refractivity contribution in [2.75, 3.05) is 5.73 Å². The highest BCUT2D eigenvalue weighted by Crippen LogP contribution is 2.38. The first-order chi connectivity index (χ1) is 8.00. The van der Waals surface area contributed by atoms with Gasteiger partial charge in [-0.3, -0.25) is 10.1 Å². The zero-order chi connectivity index (χ0) is 12.6. The van der Waals surface area contributed by atoms with E-state index in [0.29, 0.717) is 11.8 Å². The summed E-state index contributed by atoms with van der Waals surface area (Å²) in [7, 11) is 0. The molecule has 1 saturated carbocycles. The summed E-state index contributed by atoms with van der Waals surface area (Å²) < 4.78 is 1.64. The van der Waals surface area contributed by atoms with E-state index in [0.717, 1.165) is 12.8 Å². The number of aromatic nitrogens is 2. The lowest BCUT2D eigenvalue weighted by molar-refractivity contribution is -0.384. The van der Waals surface area contributed by atoms with E-state index in [1.807, 2.05) is 0 Å². The predicted molar refractivity (Wildman–Crippen MR) is 64.5 cm³/mol. The van der Waals surface area contributed by atoms with Crippen LogP contribution in [0.4, 0.5) is 11.5 Å². The zero-order valence-electron chi connectivity index (χ0n) is 10.2. The van der Waals surface area contributed by atoms with Crippen LogP contribution in [0.25, 0.3) is 0 Å². The van der Waals surface area contributed by atoms with Crippen LogP contribution in [0.15, 0.2) is 6.20 Å². The van der Waals surface area contributed by atoms with Gasteiger partial charge in [0.1, 0.15) is 6.20 Å². The van der Waals surface area contributed by atoms with Gasteiger partial charge >= 0.3 is 5.69 Å². The summed E-state index contributed by atoms with van der Waals surface area (Å²) >= 11 is 0. The van der Waals surface area contributed by atoms with E-state index in [1.54, 1.807) is 4.68 Å². The lowest BCUT2D eigenvalue weighted by Crippen LogP contribution is -2.26. The van der Waals surface area contributed by atoms with Crippen molar-refractivity contribution in [3.05, 3.63) is 16.3 Å². The second-order valence-electron chi connectivity index (χ2n) is 5.08. The number of nitrogens with two attached hydrogens (primary N) is 1. The minimum Gasteiger partial charge on any atom is -0.378 e. The summed E-state index contributed by atoms with van der Waals surface area (Å²) in [5.74, 6) is 1.27. The second kappa shape index (κ2) is 4.35. The van der Waals surface area contributed by atoms with E-state index in [9.17, 15) is 10.1 Å². The summed E-state index contributed by atoms with van der Waals surface area (Å²) in [6.45, 7) is 4.36. The molecule has 2 N–H and O–H groups in total. The summed E-state index contributed by atoms with van der Waals surface area (Å²) in [4.78, 5) is 10.3. The third-order valence-corrected chi connectivity index (χ3v) is 3.74. The average Bonchev–Trinajstić information content (AvgIpc) is 2.64. The van der Waals surface area contributed by atoms with Gasteiger partial charge in [0.05, 0.1) is 11.0 Å². The molecule has 2 rings (SSSR count). The number of nitro groups is 1. The minimum absolute atomic E-state index is 0.0876. The molecule has 0 aromatic carbocycles. The van der Waals surface area contributed by atoms with Crippen molar-refractivity contribution in [2.45, 2.75) is 39.2 Å². The first-order valence-electron chi connectivity index (χ1n) is 5.98. The summed E-state index contributed by atoms with van der Waals surface area (Å²) in [5.41, 5.74) is 5.71. The van der Waals surface area contributed by atoms with Crippen molar-refractivity contribution >= 4 is 11.5 Å². The molecule has 0 aliphatic heterocycles. The van der Waals surface area contributed by atoms with Gasteiger partial charge in [-0.1, -0.05) is 20.3 Å². The Balaban J connectivity index is 2.30. The summed E-state index contributed by atoms with van der Waals surface area (Å²) in [6.07, 6.45) is 4.57. The van der Waals surface area contributed by atoms with Crippen LogP contribution in [-0.2, 0) is 0 Å². The monoisotopic (exact) mass is 238 g/mol. The zero-order valence-corrected chi connectivity index (χ0v) is 10.2. The molecule has 17 heavy (non-hydrogen) atoms. The molecule has 3 atom stereocenters. The Morgan fingerprint density at radius 1 is 1.53 bits per heavy atom. The molecule has 0 bridgehead atoms. The maximum atomic E-state index is 10.7. The molecule has 0 amide bonds. The number of nitrogens with zero attached hydrogens (tertiary/aromatic N) is 3. The maximum Gasteiger partial charge on any atom is 0.330 e. The van der Waals surface area contributed by atoms with Crippen LogP contribution < -0.4 is 5.73 Å². The molecule has 1 heterocycles. The van der Waals surface area contributed by atoms with Gasteiger partial charge in [-0.2, -0.15) is 5.10 Å². The van der Waals surface area contributed by atoms with Crippen molar-refractivity contribution in [2.24, 2.45) is 11.8 Å². The molecular formula is C11H18N4O2. The average molecular weight is 238 g/mol. The third kappa shape index (κ3) is 2.11.